The summed E-state index contributed by atoms with van der Waals surface area (Å²) in [6, 6.07) is 1.61. The number of piperazine rings is 1. The Morgan fingerprint density at radius 2 is 2.18 bits per heavy atom. The SMILES string of the molecule is CCSC1CCCC1N1CCNCC1C(C)C. The Hall–Kier alpha value is 0.270. The molecule has 2 fully saturated rings. The van der Waals surface area contributed by atoms with Gasteiger partial charge in [0.1, 0.15) is 0 Å². The highest BCUT2D eigenvalue weighted by Crippen LogP contribution is 2.35. The van der Waals surface area contributed by atoms with E-state index < -0.39 is 0 Å². The zero-order chi connectivity index (χ0) is 12.3. The number of thioether (sulfide) groups is 1. The van der Waals surface area contributed by atoms with Gasteiger partial charge in [-0.05, 0) is 24.5 Å². The van der Waals surface area contributed by atoms with Crippen molar-refractivity contribution in [1.29, 1.82) is 0 Å². The minimum absolute atomic E-state index is 0.756. The Morgan fingerprint density at radius 3 is 2.88 bits per heavy atom. The molecule has 100 valence electrons. The second kappa shape index (κ2) is 6.44. The minimum atomic E-state index is 0.756. The number of hydrogen-bond donors (Lipinski definition) is 1. The van der Waals surface area contributed by atoms with Crippen LogP contribution in [0.2, 0.25) is 0 Å². The van der Waals surface area contributed by atoms with Gasteiger partial charge in [0.05, 0.1) is 0 Å². The van der Waals surface area contributed by atoms with Crippen LogP contribution in [-0.4, -0.2) is 47.6 Å². The molecule has 1 heterocycles. The van der Waals surface area contributed by atoms with Crippen LogP contribution in [0.4, 0.5) is 0 Å². The van der Waals surface area contributed by atoms with Gasteiger partial charge in [0.25, 0.3) is 0 Å². The summed E-state index contributed by atoms with van der Waals surface area (Å²) >= 11 is 2.19. The minimum Gasteiger partial charge on any atom is -0.314 e. The van der Waals surface area contributed by atoms with E-state index in [2.05, 4.69) is 42.7 Å². The van der Waals surface area contributed by atoms with Crippen LogP contribution < -0.4 is 5.32 Å². The van der Waals surface area contributed by atoms with Crippen molar-refractivity contribution in [3.05, 3.63) is 0 Å². The molecule has 0 bridgehead atoms. The molecule has 3 heteroatoms. The second-order valence-corrected chi connectivity index (χ2v) is 7.26. The van der Waals surface area contributed by atoms with Crippen LogP contribution in [0.1, 0.15) is 40.0 Å². The van der Waals surface area contributed by atoms with Crippen molar-refractivity contribution >= 4 is 11.8 Å². The summed E-state index contributed by atoms with van der Waals surface area (Å²) in [7, 11) is 0. The van der Waals surface area contributed by atoms with Crippen molar-refractivity contribution < 1.29 is 0 Å². The fourth-order valence-corrected chi connectivity index (χ4v) is 4.74. The lowest BCUT2D eigenvalue weighted by molar-refractivity contribution is 0.0815. The molecule has 1 saturated heterocycles. The molecule has 0 radical (unpaired) electrons. The van der Waals surface area contributed by atoms with Gasteiger partial charge in [0, 0.05) is 37.0 Å². The number of rotatable bonds is 4. The van der Waals surface area contributed by atoms with Gasteiger partial charge >= 0.3 is 0 Å². The van der Waals surface area contributed by atoms with E-state index in [0.717, 1.165) is 23.3 Å². The molecular formula is C14H28N2S. The molecule has 0 aromatic heterocycles. The molecule has 1 saturated carbocycles. The summed E-state index contributed by atoms with van der Waals surface area (Å²) in [5.41, 5.74) is 0. The summed E-state index contributed by atoms with van der Waals surface area (Å²) in [5.74, 6) is 2.05. The number of nitrogens with one attached hydrogen (secondary N) is 1. The Bertz CT molecular complexity index is 232. The van der Waals surface area contributed by atoms with Gasteiger partial charge in [-0.15, -0.1) is 0 Å². The third kappa shape index (κ3) is 3.18. The van der Waals surface area contributed by atoms with Crippen LogP contribution in [0.5, 0.6) is 0 Å². The molecule has 1 N–H and O–H groups in total. The third-order valence-electron chi connectivity index (χ3n) is 4.32. The molecule has 1 aliphatic carbocycles. The predicted octanol–water partition coefficient (Wildman–Crippen LogP) is 2.59. The van der Waals surface area contributed by atoms with E-state index in [9.17, 15) is 0 Å². The average molecular weight is 256 g/mol. The predicted molar refractivity (Wildman–Crippen MR) is 77.8 cm³/mol. The van der Waals surface area contributed by atoms with Gasteiger partial charge in [-0.25, -0.2) is 0 Å². The highest BCUT2D eigenvalue weighted by molar-refractivity contribution is 7.99. The lowest BCUT2D eigenvalue weighted by Crippen LogP contribution is -2.58. The standard InChI is InChI=1S/C14H28N2S/c1-4-17-14-7-5-6-12(14)16-9-8-15-10-13(16)11(2)3/h11-15H,4-10H2,1-3H3. The molecule has 3 unspecified atom stereocenters. The zero-order valence-corrected chi connectivity index (χ0v) is 12.4. The second-order valence-electron chi connectivity index (χ2n) is 5.75. The van der Waals surface area contributed by atoms with E-state index in [4.69, 9.17) is 0 Å². The van der Waals surface area contributed by atoms with E-state index in [1.165, 1.54) is 44.6 Å². The van der Waals surface area contributed by atoms with Gasteiger partial charge < -0.3 is 5.32 Å². The number of nitrogens with zero attached hydrogens (tertiary/aromatic N) is 1. The zero-order valence-electron chi connectivity index (χ0n) is 11.6. The highest BCUT2D eigenvalue weighted by Gasteiger charge is 2.37. The van der Waals surface area contributed by atoms with Crippen molar-refractivity contribution in [3.8, 4) is 0 Å². The first kappa shape index (κ1) is 13.7. The Balaban J connectivity index is 2.02. The molecule has 2 aliphatic rings. The van der Waals surface area contributed by atoms with Crippen molar-refractivity contribution in [2.75, 3.05) is 25.4 Å². The molecule has 1 aliphatic heterocycles. The lowest BCUT2D eigenvalue weighted by Gasteiger charge is -2.44. The Morgan fingerprint density at radius 1 is 1.35 bits per heavy atom. The molecule has 3 atom stereocenters. The monoisotopic (exact) mass is 256 g/mol. The van der Waals surface area contributed by atoms with Crippen molar-refractivity contribution in [2.24, 2.45) is 5.92 Å². The highest BCUT2D eigenvalue weighted by atomic mass is 32.2. The quantitative estimate of drug-likeness (QED) is 0.832. The molecule has 2 rings (SSSR count). The summed E-state index contributed by atoms with van der Waals surface area (Å²) in [6.45, 7) is 10.7. The maximum atomic E-state index is 3.57. The van der Waals surface area contributed by atoms with Gasteiger partial charge in [0.15, 0.2) is 0 Å². The molecule has 0 aromatic carbocycles. The summed E-state index contributed by atoms with van der Waals surface area (Å²) in [6.07, 6.45) is 4.32. The van der Waals surface area contributed by atoms with E-state index in [0.29, 0.717) is 0 Å². The van der Waals surface area contributed by atoms with E-state index in [1.54, 1.807) is 0 Å². The maximum absolute atomic E-state index is 3.57. The first-order valence-corrected chi connectivity index (χ1v) is 8.37. The normalized spacial score (nSPS) is 35.6. The Kier molecular flexibility index (Phi) is 5.19. The van der Waals surface area contributed by atoms with Crippen molar-refractivity contribution in [1.82, 2.24) is 10.2 Å². The molecule has 17 heavy (non-hydrogen) atoms. The van der Waals surface area contributed by atoms with Crippen molar-refractivity contribution in [2.45, 2.75) is 57.4 Å². The van der Waals surface area contributed by atoms with Crippen LogP contribution >= 0.6 is 11.8 Å². The number of hydrogen-bond acceptors (Lipinski definition) is 3. The molecule has 2 nitrogen and oxygen atoms in total. The fourth-order valence-electron chi connectivity index (χ4n) is 3.47. The van der Waals surface area contributed by atoms with Gasteiger partial charge in [-0.2, -0.15) is 11.8 Å². The first-order chi connectivity index (χ1) is 8.24. The van der Waals surface area contributed by atoms with E-state index in [1.807, 2.05) is 0 Å². The average Bonchev–Trinajstić information content (AvgIpc) is 2.77. The Labute approximate surface area is 111 Å². The molecule has 0 amide bonds. The van der Waals surface area contributed by atoms with Crippen molar-refractivity contribution in [3.63, 3.8) is 0 Å². The van der Waals surface area contributed by atoms with E-state index in [-0.39, 0.29) is 0 Å². The maximum Gasteiger partial charge on any atom is 0.0247 e. The van der Waals surface area contributed by atoms with Gasteiger partial charge in [-0.3, -0.25) is 4.90 Å². The fraction of sp³-hybridized carbons (Fsp3) is 1.00. The largest absolute Gasteiger partial charge is 0.314 e. The topological polar surface area (TPSA) is 15.3 Å². The first-order valence-electron chi connectivity index (χ1n) is 7.32. The van der Waals surface area contributed by atoms with Crippen LogP contribution in [0, 0.1) is 5.92 Å². The molecular weight excluding hydrogens is 228 g/mol. The summed E-state index contributed by atoms with van der Waals surface area (Å²) < 4.78 is 0. The lowest BCUT2D eigenvalue weighted by atomic mass is 9.98. The smallest absolute Gasteiger partial charge is 0.0247 e. The summed E-state index contributed by atoms with van der Waals surface area (Å²) in [5, 5.41) is 4.47. The van der Waals surface area contributed by atoms with Gasteiger partial charge in [-0.1, -0.05) is 27.2 Å². The molecule has 0 aromatic rings. The third-order valence-corrected chi connectivity index (χ3v) is 5.63. The summed E-state index contributed by atoms with van der Waals surface area (Å²) in [4.78, 5) is 2.83. The van der Waals surface area contributed by atoms with Crippen LogP contribution in [0.25, 0.3) is 0 Å². The van der Waals surface area contributed by atoms with Crippen LogP contribution in [0.3, 0.4) is 0 Å². The molecule has 0 spiro atoms. The van der Waals surface area contributed by atoms with E-state index >= 15 is 0 Å². The van der Waals surface area contributed by atoms with Crippen LogP contribution in [-0.2, 0) is 0 Å². The van der Waals surface area contributed by atoms with Gasteiger partial charge in [0.2, 0.25) is 0 Å². The van der Waals surface area contributed by atoms with Crippen LogP contribution in [0.15, 0.2) is 0 Å².